The van der Waals surface area contributed by atoms with Gasteiger partial charge in [0.05, 0.1) is 19.9 Å². The summed E-state index contributed by atoms with van der Waals surface area (Å²) in [6.07, 6.45) is 0. The van der Waals surface area contributed by atoms with Crippen molar-refractivity contribution in [2.24, 2.45) is 0 Å². The second-order valence-corrected chi connectivity index (χ2v) is 5.76. The van der Waals surface area contributed by atoms with Crippen LogP contribution in [0.25, 0.3) is 10.9 Å². The zero-order valence-electron chi connectivity index (χ0n) is 12.1. The van der Waals surface area contributed by atoms with E-state index in [9.17, 15) is 4.79 Å². The lowest BCUT2D eigenvalue weighted by Crippen LogP contribution is -2.02. The highest BCUT2D eigenvalue weighted by atomic mass is 79.9. The van der Waals surface area contributed by atoms with E-state index in [1.54, 1.807) is 32.4 Å². The molecule has 4 nitrogen and oxygen atoms in total. The van der Waals surface area contributed by atoms with E-state index in [1.165, 1.54) is 0 Å². The van der Waals surface area contributed by atoms with Crippen molar-refractivity contribution < 1.29 is 14.3 Å². The number of hydrogen-bond donors (Lipinski definition) is 1. The number of rotatable bonds is 4. The van der Waals surface area contributed by atoms with Crippen LogP contribution in [0.4, 0.5) is 0 Å². The molecule has 0 bridgehead atoms. The average molecular weight is 360 g/mol. The van der Waals surface area contributed by atoms with E-state index in [0.717, 1.165) is 15.4 Å². The van der Waals surface area contributed by atoms with Gasteiger partial charge in [-0.15, -0.1) is 0 Å². The van der Waals surface area contributed by atoms with Crippen molar-refractivity contribution in [1.82, 2.24) is 4.98 Å². The van der Waals surface area contributed by atoms with Gasteiger partial charge in [-0.1, -0.05) is 22.0 Å². The molecule has 112 valence electrons. The molecule has 0 spiro atoms. The molecule has 3 aromatic rings. The van der Waals surface area contributed by atoms with Crippen LogP contribution in [0.1, 0.15) is 16.1 Å². The maximum absolute atomic E-state index is 12.7. The van der Waals surface area contributed by atoms with Crippen LogP contribution in [0.3, 0.4) is 0 Å². The molecule has 0 saturated heterocycles. The summed E-state index contributed by atoms with van der Waals surface area (Å²) in [5, 5.41) is 0.987. The third-order valence-corrected chi connectivity index (χ3v) is 3.94. The van der Waals surface area contributed by atoms with Gasteiger partial charge < -0.3 is 14.5 Å². The van der Waals surface area contributed by atoms with E-state index < -0.39 is 0 Å². The number of ketones is 1. The monoisotopic (exact) mass is 359 g/mol. The Bertz CT molecular complexity index is 832. The molecule has 0 aliphatic carbocycles. The molecule has 1 heterocycles. The molecule has 0 aliphatic rings. The number of ether oxygens (including phenoxy) is 2. The number of carbonyl (C=O) groups is 1. The van der Waals surface area contributed by atoms with Crippen molar-refractivity contribution in [3.8, 4) is 11.5 Å². The van der Waals surface area contributed by atoms with Crippen LogP contribution in [-0.4, -0.2) is 25.0 Å². The normalized spacial score (nSPS) is 10.7. The molecule has 5 heteroatoms. The first-order valence-corrected chi connectivity index (χ1v) is 7.46. The molecule has 0 radical (unpaired) electrons. The summed E-state index contributed by atoms with van der Waals surface area (Å²) in [6, 6.07) is 12.8. The van der Waals surface area contributed by atoms with Crippen molar-refractivity contribution >= 4 is 32.6 Å². The minimum atomic E-state index is -0.107. The minimum absolute atomic E-state index is 0.107. The van der Waals surface area contributed by atoms with Gasteiger partial charge in [0.1, 0.15) is 11.5 Å². The number of benzene rings is 2. The Hall–Kier alpha value is -2.27. The highest BCUT2D eigenvalue weighted by Crippen LogP contribution is 2.26. The summed E-state index contributed by atoms with van der Waals surface area (Å²) in [7, 11) is 3.12. The first kappa shape index (κ1) is 14.7. The van der Waals surface area contributed by atoms with Crippen LogP contribution in [0, 0.1) is 0 Å². The third kappa shape index (κ3) is 2.72. The van der Waals surface area contributed by atoms with E-state index in [2.05, 4.69) is 20.9 Å². The van der Waals surface area contributed by atoms with Gasteiger partial charge in [0, 0.05) is 27.0 Å². The number of aromatic amines is 1. The van der Waals surface area contributed by atoms with Crippen LogP contribution >= 0.6 is 15.9 Å². The first-order valence-electron chi connectivity index (χ1n) is 6.67. The van der Waals surface area contributed by atoms with Crippen LogP contribution in [0.5, 0.6) is 11.5 Å². The highest BCUT2D eigenvalue weighted by molar-refractivity contribution is 9.10. The van der Waals surface area contributed by atoms with Gasteiger partial charge in [-0.3, -0.25) is 4.79 Å². The van der Waals surface area contributed by atoms with Crippen LogP contribution in [0.2, 0.25) is 0 Å². The number of hydrogen-bond acceptors (Lipinski definition) is 3. The van der Waals surface area contributed by atoms with E-state index >= 15 is 0 Å². The lowest BCUT2D eigenvalue weighted by atomic mass is 10.1. The zero-order chi connectivity index (χ0) is 15.7. The summed E-state index contributed by atoms with van der Waals surface area (Å²) in [4.78, 5) is 15.8. The van der Waals surface area contributed by atoms with Crippen molar-refractivity contribution in [2.75, 3.05) is 14.2 Å². The molecule has 0 atom stereocenters. The summed E-state index contributed by atoms with van der Waals surface area (Å²) in [5.41, 5.74) is 1.96. The molecule has 3 rings (SSSR count). The predicted octanol–water partition coefficient (Wildman–Crippen LogP) is 4.18. The second-order valence-electron chi connectivity index (χ2n) is 4.85. The van der Waals surface area contributed by atoms with Gasteiger partial charge in [0.2, 0.25) is 5.78 Å². The van der Waals surface area contributed by atoms with Crippen molar-refractivity contribution in [2.45, 2.75) is 0 Å². The number of methoxy groups -OCH3 is 2. The quantitative estimate of drug-likeness (QED) is 0.711. The standard InChI is InChI=1S/C17H14BrNO3/c1-21-13-5-11(6-14(9-13)22-2)17(20)16-7-10-3-4-12(18)8-15(10)19-16/h3-9,19H,1-2H3. The zero-order valence-corrected chi connectivity index (χ0v) is 13.7. The second kappa shape index (κ2) is 5.85. The van der Waals surface area contributed by atoms with E-state index in [4.69, 9.17) is 9.47 Å². The number of nitrogens with one attached hydrogen (secondary N) is 1. The minimum Gasteiger partial charge on any atom is -0.497 e. The van der Waals surface area contributed by atoms with Crippen molar-refractivity contribution in [1.29, 1.82) is 0 Å². The van der Waals surface area contributed by atoms with E-state index in [-0.39, 0.29) is 5.78 Å². The Morgan fingerprint density at radius 2 is 1.68 bits per heavy atom. The number of aromatic nitrogens is 1. The SMILES string of the molecule is COc1cc(OC)cc(C(=O)c2cc3ccc(Br)cc3[nH]2)c1. The Balaban J connectivity index is 2.05. The van der Waals surface area contributed by atoms with Crippen LogP contribution < -0.4 is 9.47 Å². The Morgan fingerprint density at radius 1 is 1.00 bits per heavy atom. The number of fused-ring (bicyclic) bond motifs is 1. The van der Waals surface area contributed by atoms with Crippen molar-refractivity contribution in [3.05, 3.63) is 58.2 Å². The Kier molecular flexibility index (Phi) is 3.90. The van der Waals surface area contributed by atoms with Gasteiger partial charge in [0.15, 0.2) is 0 Å². The average Bonchev–Trinajstić information content (AvgIpc) is 2.96. The molecule has 0 fully saturated rings. The fraction of sp³-hybridized carbons (Fsp3) is 0.118. The molecule has 0 aliphatic heterocycles. The largest absolute Gasteiger partial charge is 0.497 e. The first-order chi connectivity index (χ1) is 10.6. The molecule has 0 unspecified atom stereocenters. The lowest BCUT2D eigenvalue weighted by molar-refractivity contribution is 0.103. The maximum Gasteiger partial charge on any atom is 0.209 e. The third-order valence-electron chi connectivity index (χ3n) is 3.44. The van der Waals surface area contributed by atoms with Gasteiger partial charge in [-0.05, 0) is 30.3 Å². The van der Waals surface area contributed by atoms with Gasteiger partial charge in [-0.25, -0.2) is 0 Å². The molecule has 0 saturated carbocycles. The molecule has 2 aromatic carbocycles. The van der Waals surface area contributed by atoms with Crippen molar-refractivity contribution in [3.63, 3.8) is 0 Å². The molecular weight excluding hydrogens is 346 g/mol. The summed E-state index contributed by atoms with van der Waals surface area (Å²) in [6.45, 7) is 0. The maximum atomic E-state index is 12.7. The summed E-state index contributed by atoms with van der Waals surface area (Å²) < 4.78 is 11.4. The fourth-order valence-corrected chi connectivity index (χ4v) is 2.68. The summed E-state index contributed by atoms with van der Waals surface area (Å²) in [5.74, 6) is 1.06. The lowest BCUT2D eigenvalue weighted by Gasteiger charge is -2.07. The van der Waals surface area contributed by atoms with E-state index in [1.807, 2.05) is 24.3 Å². The number of halogens is 1. The topological polar surface area (TPSA) is 51.3 Å². The molecular formula is C17H14BrNO3. The Labute approximate surface area is 136 Å². The predicted molar refractivity (Wildman–Crippen MR) is 89.0 cm³/mol. The fourth-order valence-electron chi connectivity index (χ4n) is 2.32. The number of carbonyl (C=O) groups excluding carboxylic acids is 1. The highest BCUT2D eigenvalue weighted by Gasteiger charge is 2.14. The summed E-state index contributed by atoms with van der Waals surface area (Å²) >= 11 is 3.42. The van der Waals surface area contributed by atoms with Gasteiger partial charge in [0.25, 0.3) is 0 Å². The Morgan fingerprint density at radius 3 is 2.32 bits per heavy atom. The molecule has 22 heavy (non-hydrogen) atoms. The molecule has 0 amide bonds. The van der Waals surface area contributed by atoms with Gasteiger partial charge >= 0.3 is 0 Å². The molecule has 1 aromatic heterocycles. The smallest absolute Gasteiger partial charge is 0.209 e. The van der Waals surface area contributed by atoms with Gasteiger partial charge in [-0.2, -0.15) is 0 Å². The van der Waals surface area contributed by atoms with Crippen LogP contribution in [0.15, 0.2) is 46.9 Å². The molecule has 1 N–H and O–H groups in total. The van der Waals surface area contributed by atoms with Crippen LogP contribution in [-0.2, 0) is 0 Å². The van der Waals surface area contributed by atoms with E-state index in [0.29, 0.717) is 22.8 Å². The number of H-pyrrole nitrogens is 1.